The molecule has 3 N–H and O–H groups in total. The van der Waals surface area contributed by atoms with Gasteiger partial charge in [-0.25, -0.2) is 4.98 Å². The molecule has 0 atom stereocenters. The van der Waals surface area contributed by atoms with E-state index in [9.17, 15) is 10.2 Å². The minimum Gasteiger partial charge on any atom is -0.504 e. The van der Waals surface area contributed by atoms with Crippen LogP contribution in [0, 0.1) is 0 Å². The summed E-state index contributed by atoms with van der Waals surface area (Å²) >= 11 is 0. The monoisotopic (exact) mass is 260 g/mol. The average molecular weight is 260 g/mol. The highest BCUT2D eigenvalue weighted by Crippen LogP contribution is 2.24. The summed E-state index contributed by atoms with van der Waals surface area (Å²) in [6, 6.07) is 8.54. The van der Waals surface area contributed by atoms with Crippen LogP contribution < -0.4 is 10.1 Å². The SMILES string of the molecule is COc1cc(CNCc2ccc(O)c(O)c2)ccn1. The Labute approximate surface area is 111 Å². The number of hydrogen-bond donors (Lipinski definition) is 3. The molecule has 1 aromatic heterocycles. The summed E-state index contributed by atoms with van der Waals surface area (Å²) in [5.74, 6) is 0.370. The number of ether oxygens (including phenoxy) is 1. The molecule has 1 aromatic carbocycles. The molecular formula is C14H16N2O3. The molecule has 0 amide bonds. The van der Waals surface area contributed by atoms with Gasteiger partial charge >= 0.3 is 0 Å². The van der Waals surface area contributed by atoms with Gasteiger partial charge in [0.15, 0.2) is 11.5 Å². The number of phenolic OH excluding ortho intramolecular Hbond substituents is 2. The first kappa shape index (κ1) is 13.2. The number of pyridine rings is 1. The lowest BCUT2D eigenvalue weighted by Gasteiger charge is -2.07. The van der Waals surface area contributed by atoms with Gasteiger partial charge in [0, 0.05) is 25.4 Å². The van der Waals surface area contributed by atoms with Crippen molar-refractivity contribution in [3.05, 3.63) is 47.7 Å². The fourth-order valence-corrected chi connectivity index (χ4v) is 1.70. The van der Waals surface area contributed by atoms with Crippen LogP contribution in [0.5, 0.6) is 17.4 Å². The van der Waals surface area contributed by atoms with E-state index in [4.69, 9.17) is 4.74 Å². The summed E-state index contributed by atoms with van der Waals surface area (Å²) in [5.41, 5.74) is 1.96. The molecule has 0 spiro atoms. The van der Waals surface area contributed by atoms with E-state index in [2.05, 4.69) is 10.3 Å². The van der Waals surface area contributed by atoms with Gasteiger partial charge in [-0.3, -0.25) is 0 Å². The van der Waals surface area contributed by atoms with Crippen molar-refractivity contribution in [2.24, 2.45) is 0 Å². The zero-order valence-electron chi connectivity index (χ0n) is 10.6. The van der Waals surface area contributed by atoms with Gasteiger partial charge in [-0.05, 0) is 29.3 Å². The largest absolute Gasteiger partial charge is 0.504 e. The molecule has 1 heterocycles. The highest BCUT2D eigenvalue weighted by Gasteiger charge is 2.01. The summed E-state index contributed by atoms with van der Waals surface area (Å²) in [4.78, 5) is 4.03. The first-order valence-corrected chi connectivity index (χ1v) is 5.89. The van der Waals surface area contributed by atoms with Crippen LogP contribution in [0.15, 0.2) is 36.5 Å². The number of aromatic hydroxyl groups is 2. The summed E-state index contributed by atoms with van der Waals surface area (Å²) in [6.07, 6.45) is 1.70. The number of nitrogens with zero attached hydrogens (tertiary/aromatic N) is 1. The summed E-state index contributed by atoms with van der Waals surface area (Å²) < 4.78 is 5.05. The Morgan fingerprint density at radius 1 is 1.05 bits per heavy atom. The molecule has 0 fully saturated rings. The standard InChI is InChI=1S/C14H16N2O3/c1-19-14-7-11(4-5-16-14)9-15-8-10-2-3-12(17)13(18)6-10/h2-7,15,17-18H,8-9H2,1H3. The molecule has 2 aromatic rings. The fourth-order valence-electron chi connectivity index (χ4n) is 1.70. The van der Waals surface area contributed by atoms with Gasteiger partial charge in [-0.2, -0.15) is 0 Å². The molecule has 100 valence electrons. The lowest BCUT2D eigenvalue weighted by Crippen LogP contribution is -2.12. The van der Waals surface area contributed by atoms with Crippen LogP contribution in [-0.4, -0.2) is 22.3 Å². The zero-order chi connectivity index (χ0) is 13.7. The molecule has 2 rings (SSSR count). The number of hydrogen-bond acceptors (Lipinski definition) is 5. The van der Waals surface area contributed by atoms with Crippen molar-refractivity contribution < 1.29 is 14.9 Å². The Balaban J connectivity index is 1.90. The molecule has 0 radical (unpaired) electrons. The number of nitrogens with one attached hydrogen (secondary N) is 1. The average Bonchev–Trinajstić information content (AvgIpc) is 2.43. The number of aromatic nitrogens is 1. The normalized spacial score (nSPS) is 10.4. The third-order valence-corrected chi connectivity index (χ3v) is 2.71. The van der Waals surface area contributed by atoms with E-state index in [1.54, 1.807) is 19.4 Å². The summed E-state index contributed by atoms with van der Waals surface area (Å²) in [5, 5.41) is 21.8. The van der Waals surface area contributed by atoms with E-state index in [1.807, 2.05) is 12.1 Å². The molecule has 0 aliphatic heterocycles. The maximum atomic E-state index is 9.38. The zero-order valence-corrected chi connectivity index (χ0v) is 10.6. The molecule has 0 aliphatic carbocycles. The molecule has 5 heteroatoms. The maximum Gasteiger partial charge on any atom is 0.213 e. The van der Waals surface area contributed by atoms with Gasteiger partial charge in [-0.1, -0.05) is 6.07 Å². The number of phenols is 2. The van der Waals surface area contributed by atoms with Crippen molar-refractivity contribution in [1.82, 2.24) is 10.3 Å². The number of methoxy groups -OCH3 is 1. The van der Waals surface area contributed by atoms with Crippen LogP contribution in [0.2, 0.25) is 0 Å². The summed E-state index contributed by atoms with van der Waals surface area (Å²) in [6.45, 7) is 1.26. The van der Waals surface area contributed by atoms with Gasteiger partial charge in [-0.15, -0.1) is 0 Å². The smallest absolute Gasteiger partial charge is 0.213 e. The van der Waals surface area contributed by atoms with E-state index in [1.165, 1.54) is 12.1 Å². The topological polar surface area (TPSA) is 74.6 Å². The Morgan fingerprint density at radius 3 is 2.47 bits per heavy atom. The summed E-state index contributed by atoms with van der Waals surface area (Å²) in [7, 11) is 1.58. The van der Waals surface area contributed by atoms with Gasteiger partial charge in [0.05, 0.1) is 7.11 Å². The lowest BCUT2D eigenvalue weighted by molar-refractivity contribution is 0.397. The van der Waals surface area contributed by atoms with E-state index in [0.29, 0.717) is 19.0 Å². The van der Waals surface area contributed by atoms with Crippen LogP contribution in [-0.2, 0) is 13.1 Å². The molecule has 0 saturated carbocycles. The second-order valence-electron chi connectivity index (χ2n) is 4.13. The van der Waals surface area contributed by atoms with Crippen molar-refractivity contribution in [2.75, 3.05) is 7.11 Å². The van der Waals surface area contributed by atoms with Crippen molar-refractivity contribution in [2.45, 2.75) is 13.1 Å². The first-order valence-electron chi connectivity index (χ1n) is 5.89. The van der Waals surface area contributed by atoms with Gasteiger partial charge in [0.25, 0.3) is 0 Å². The third kappa shape index (κ3) is 3.59. The molecule has 0 bridgehead atoms. The van der Waals surface area contributed by atoms with E-state index in [-0.39, 0.29) is 11.5 Å². The second kappa shape index (κ2) is 6.06. The van der Waals surface area contributed by atoms with Gasteiger partial charge < -0.3 is 20.3 Å². The van der Waals surface area contributed by atoms with Gasteiger partial charge in [0.1, 0.15) is 0 Å². The molecule has 0 unspecified atom stereocenters. The van der Waals surface area contributed by atoms with E-state index in [0.717, 1.165) is 11.1 Å². The molecule has 0 aliphatic rings. The van der Waals surface area contributed by atoms with Crippen molar-refractivity contribution in [1.29, 1.82) is 0 Å². The van der Waals surface area contributed by atoms with Crippen LogP contribution in [0.4, 0.5) is 0 Å². The fraction of sp³-hybridized carbons (Fsp3) is 0.214. The van der Waals surface area contributed by atoms with Crippen molar-refractivity contribution in [3.8, 4) is 17.4 Å². The molecule has 5 nitrogen and oxygen atoms in total. The van der Waals surface area contributed by atoms with Crippen molar-refractivity contribution >= 4 is 0 Å². The highest BCUT2D eigenvalue weighted by atomic mass is 16.5. The minimum atomic E-state index is -0.109. The van der Waals surface area contributed by atoms with Crippen LogP contribution >= 0.6 is 0 Å². The maximum absolute atomic E-state index is 9.38. The van der Waals surface area contributed by atoms with Crippen LogP contribution in [0.3, 0.4) is 0 Å². The second-order valence-corrected chi connectivity index (χ2v) is 4.13. The van der Waals surface area contributed by atoms with E-state index < -0.39 is 0 Å². The Bertz CT molecular complexity index is 558. The quantitative estimate of drug-likeness (QED) is 0.715. The predicted molar refractivity (Wildman–Crippen MR) is 71.1 cm³/mol. The third-order valence-electron chi connectivity index (χ3n) is 2.71. The number of rotatable bonds is 5. The minimum absolute atomic E-state index is 0.107. The van der Waals surface area contributed by atoms with Crippen molar-refractivity contribution in [3.63, 3.8) is 0 Å². The molecule has 19 heavy (non-hydrogen) atoms. The lowest BCUT2D eigenvalue weighted by atomic mass is 10.2. The number of benzene rings is 1. The Kier molecular flexibility index (Phi) is 4.20. The predicted octanol–water partition coefficient (Wildman–Crippen LogP) is 1.79. The van der Waals surface area contributed by atoms with Crippen LogP contribution in [0.1, 0.15) is 11.1 Å². The molecular weight excluding hydrogens is 244 g/mol. The molecule has 0 saturated heterocycles. The first-order chi connectivity index (χ1) is 9.19. The van der Waals surface area contributed by atoms with Crippen LogP contribution in [0.25, 0.3) is 0 Å². The Hall–Kier alpha value is -2.27. The highest BCUT2D eigenvalue weighted by molar-refractivity contribution is 5.40. The Morgan fingerprint density at radius 2 is 1.79 bits per heavy atom. The van der Waals surface area contributed by atoms with E-state index >= 15 is 0 Å². The van der Waals surface area contributed by atoms with Gasteiger partial charge in [0.2, 0.25) is 5.88 Å².